The van der Waals surface area contributed by atoms with Gasteiger partial charge in [-0.15, -0.1) is 6.58 Å². The monoisotopic (exact) mass is 491 g/mol. The minimum absolute atomic E-state index is 0.128. The van der Waals surface area contributed by atoms with E-state index in [-0.39, 0.29) is 24.9 Å². The van der Waals surface area contributed by atoms with Gasteiger partial charge >= 0.3 is 0 Å². The van der Waals surface area contributed by atoms with E-state index in [9.17, 15) is 9.18 Å². The third kappa shape index (κ3) is 5.56. The fourth-order valence-electron chi connectivity index (χ4n) is 3.59. The highest BCUT2D eigenvalue weighted by Gasteiger charge is 2.40. The van der Waals surface area contributed by atoms with Gasteiger partial charge in [-0.3, -0.25) is 4.79 Å². The van der Waals surface area contributed by atoms with E-state index in [0.29, 0.717) is 53.9 Å². The number of hydrogen-bond donors (Lipinski definition) is 3. The van der Waals surface area contributed by atoms with E-state index < -0.39 is 11.7 Å². The number of benzene rings is 1. The molecule has 0 atom stereocenters. The van der Waals surface area contributed by atoms with Gasteiger partial charge in [0.15, 0.2) is 5.82 Å². The lowest BCUT2D eigenvalue weighted by molar-refractivity contribution is -0.230. The topological polar surface area (TPSA) is 138 Å². The van der Waals surface area contributed by atoms with Crippen molar-refractivity contribution < 1.29 is 18.7 Å². The molecule has 0 unspecified atom stereocenters. The molecule has 4 rings (SSSR count). The zero-order chi connectivity index (χ0) is 25.5. The Morgan fingerprint density at radius 2 is 2.06 bits per heavy atom. The molecule has 0 aliphatic carbocycles. The maximum absolute atomic E-state index is 13.6. The maximum Gasteiger partial charge on any atom is 0.230 e. The summed E-state index contributed by atoms with van der Waals surface area (Å²) >= 11 is 0. The van der Waals surface area contributed by atoms with E-state index in [4.69, 9.17) is 19.7 Å². The van der Waals surface area contributed by atoms with Crippen LogP contribution in [0.15, 0.2) is 49.2 Å². The number of hydrogen-bond acceptors (Lipinski definition) is 8. The number of halogens is 1. The molecule has 3 heterocycles. The molecule has 3 N–H and O–H groups in total. The molecule has 1 aliphatic heterocycles. The molecular formula is C25H26FN7O3. The van der Waals surface area contributed by atoms with Gasteiger partial charge in [-0.25, -0.2) is 19.3 Å². The van der Waals surface area contributed by atoms with Crippen LogP contribution in [0.3, 0.4) is 0 Å². The number of aromatic nitrogens is 4. The van der Waals surface area contributed by atoms with Gasteiger partial charge < -0.3 is 25.1 Å². The molecule has 0 saturated carbocycles. The van der Waals surface area contributed by atoms with Crippen LogP contribution in [0.1, 0.15) is 25.5 Å². The van der Waals surface area contributed by atoms with Crippen LogP contribution in [0.4, 0.5) is 10.3 Å². The number of carbonyl (C=O) groups is 1. The normalized spacial score (nSPS) is 19.3. The maximum atomic E-state index is 13.6. The smallest absolute Gasteiger partial charge is 0.230 e. The third-order valence-electron chi connectivity index (χ3n) is 5.56. The Morgan fingerprint density at radius 3 is 2.75 bits per heavy atom. The van der Waals surface area contributed by atoms with E-state index in [0.717, 1.165) is 0 Å². The summed E-state index contributed by atoms with van der Waals surface area (Å²) in [4.78, 5) is 29.1. The highest BCUT2D eigenvalue weighted by molar-refractivity contribution is 5.82. The summed E-state index contributed by atoms with van der Waals surface area (Å²) < 4.78 is 25.4. The molecule has 36 heavy (non-hydrogen) atoms. The van der Waals surface area contributed by atoms with Gasteiger partial charge in [0.2, 0.25) is 18.1 Å². The van der Waals surface area contributed by atoms with Gasteiger partial charge in [0.1, 0.15) is 5.82 Å². The number of carbonyl (C=O) groups excluding carboxylic acids is 1. The Balaban J connectivity index is 1.62. The number of amides is 1. The van der Waals surface area contributed by atoms with Crippen LogP contribution in [-0.4, -0.2) is 52.1 Å². The average molecular weight is 492 g/mol. The standard InChI is InChI=1S/C25H26FN7O3/c1-3-11-28-23(34)25(2)14-35-22(36-15-25)21-32-19(16-5-7-17(26)8-6-16)20(33-21)18-9-13-30-24(31-18)29-12-4-10-27/h3,5-9,13,22H,1,4,11-12,14-15H2,2H3,(H,28,34)(H,32,33)(H,29,30,31). The third-order valence-corrected chi connectivity index (χ3v) is 5.56. The van der Waals surface area contributed by atoms with Crippen LogP contribution in [0.5, 0.6) is 0 Å². The van der Waals surface area contributed by atoms with E-state index in [1.807, 2.05) is 0 Å². The van der Waals surface area contributed by atoms with Gasteiger partial charge in [0.25, 0.3) is 0 Å². The fourth-order valence-corrected chi connectivity index (χ4v) is 3.59. The van der Waals surface area contributed by atoms with Crippen molar-refractivity contribution in [2.75, 3.05) is 31.6 Å². The summed E-state index contributed by atoms with van der Waals surface area (Å²) in [5, 5.41) is 14.5. The van der Waals surface area contributed by atoms with Crippen molar-refractivity contribution in [1.29, 1.82) is 5.26 Å². The number of ether oxygens (including phenoxy) is 2. The van der Waals surface area contributed by atoms with Crippen molar-refractivity contribution in [3.05, 3.63) is 60.8 Å². The molecule has 0 spiro atoms. The van der Waals surface area contributed by atoms with Crippen molar-refractivity contribution in [2.24, 2.45) is 5.41 Å². The SMILES string of the molecule is C=CCNC(=O)C1(C)COC(c2nc(-c3ccc(F)cc3)c(-c3ccnc(NCCC#N)n3)[nH]2)OC1. The van der Waals surface area contributed by atoms with Crippen LogP contribution in [0.2, 0.25) is 0 Å². The fraction of sp³-hybridized carbons (Fsp3) is 0.320. The van der Waals surface area contributed by atoms with Gasteiger partial charge in [-0.1, -0.05) is 6.08 Å². The van der Waals surface area contributed by atoms with E-state index >= 15 is 0 Å². The molecule has 11 heteroatoms. The highest BCUT2D eigenvalue weighted by atomic mass is 19.1. The van der Waals surface area contributed by atoms with Crippen LogP contribution in [-0.2, 0) is 14.3 Å². The molecule has 3 aromatic rings. The Bertz CT molecular complexity index is 1260. The van der Waals surface area contributed by atoms with Crippen LogP contribution in [0.25, 0.3) is 22.6 Å². The molecule has 1 saturated heterocycles. The lowest BCUT2D eigenvalue weighted by Gasteiger charge is -2.35. The minimum Gasteiger partial charge on any atom is -0.353 e. The average Bonchev–Trinajstić information content (AvgIpc) is 3.34. The summed E-state index contributed by atoms with van der Waals surface area (Å²) in [5.74, 6) is 0.186. The Hall–Kier alpha value is -4.14. The molecule has 186 valence electrons. The van der Waals surface area contributed by atoms with Crippen LogP contribution in [0, 0.1) is 22.6 Å². The highest BCUT2D eigenvalue weighted by Crippen LogP contribution is 2.35. The van der Waals surface area contributed by atoms with Crippen molar-refractivity contribution in [2.45, 2.75) is 19.6 Å². The minimum atomic E-state index is -0.856. The van der Waals surface area contributed by atoms with Crippen molar-refractivity contribution in [3.8, 4) is 28.7 Å². The summed E-state index contributed by atoms with van der Waals surface area (Å²) in [6.45, 7) is 6.38. The van der Waals surface area contributed by atoms with Gasteiger partial charge in [0.05, 0.1) is 48.2 Å². The lowest BCUT2D eigenvalue weighted by atomic mass is 9.91. The summed E-state index contributed by atoms with van der Waals surface area (Å²) in [5.41, 5.74) is 1.43. The molecule has 1 aromatic carbocycles. The lowest BCUT2D eigenvalue weighted by Crippen LogP contribution is -2.48. The largest absolute Gasteiger partial charge is 0.353 e. The zero-order valence-corrected chi connectivity index (χ0v) is 19.8. The molecule has 0 bridgehead atoms. The summed E-state index contributed by atoms with van der Waals surface area (Å²) in [7, 11) is 0. The van der Waals surface area contributed by atoms with Gasteiger partial charge in [-0.05, 0) is 37.3 Å². The molecule has 10 nitrogen and oxygen atoms in total. The molecule has 0 radical (unpaired) electrons. The number of nitriles is 1. The van der Waals surface area contributed by atoms with Crippen LogP contribution < -0.4 is 10.6 Å². The number of nitrogens with one attached hydrogen (secondary N) is 3. The number of rotatable bonds is 9. The second-order valence-electron chi connectivity index (χ2n) is 8.47. The number of aromatic amines is 1. The molecule has 2 aromatic heterocycles. The molecule has 1 fully saturated rings. The van der Waals surface area contributed by atoms with E-state index in [1.54, 1.807) is 37.4 Å². The van der Waals surface area contributed by atoms with Gasteiger partial charge in [-0.2, -0.15) is 5.26 Å². The first kappa shape index (κ1) is 25.0. The first-order valence-corrected chi connectivity index (χ1v) is 11.4. The van der Waals surface area contributed by atoms with Crippen LogP contribution >= 0.6 is 0 Å². The van der Waals surface area contributed by atoms with E-state index in [2.05, 4.69) is 38.2 Å². The molecule has 1 amide bonds. The number of H-pyrrole nitrogens is 1. The first-order chi connectivity index (χ1) is 17.4. The Kier molecular flexibility index (Phi) is 7.68. The zero-order valence-electron chi connectivity index (χ0n) is 19.8. The first-order valence-electron chi connectivity index (χ1n) is 11.4. The predicted molar refractivity (Wildman–Crippen MR) is 130 cm³/mol. The van der Waals surface area contributed by atoms with Crippen molar-refractivity contribution in [3.63, 3.8) is 0 Å². The quantitative estimate of drug-likeness (QED) is 0.306. The van der Waals surface area contributed by atoms with Crippen molar-refractivity contribution in [1.82, 2.24) is 25.3 Å². The van der Waals surface area contributed by atoms with Crippen molar-refractivity contribution >= 4 is 11.9 Å². The Labute approximate surface area is 207 Å². The predicted octanol–water partition coefficient (Wildman–Crippen LogP) is 3.35. The Morgan fingerprint density at radius 1 is 1.31 bits per heavy atom. The number of nitrogens with zero attached hydrogens (tertiary/aromatic N) is 4. The number of anilines is 1. The summed E-state index contributed by atoms with van der Waals surface area (Å²) in [6.07, 6.45) is 2.66. The second-order valence-corrected chi connectivity index (χ2v) is 8.47. The van der Waals surface area contributed by atoms with E-state index in [1.165, 1.54) is 12.1 Å². The molecular weight excluding hydrogens is 465 g/mol. The molecule has 1 aliphatic rings. The van der Waals surface area contributed by atoms with Gasteiger partial charge in [0, 0.05) is 24.8 Å². The summed E-state index contributed by atoms with van der Waals surface area (Å²) in [6, 6.07) is 9.71. The second kappa shape index (κ2) is 11.1. The number of imidazole rings is 1.